The molecule has 1 aromatic rings. The minimum absolute atomic E-state index is 0.223. The monoisotopic (exact) mass is 188 g/mol. The van der Waals surface area contributed by atoms with Crippen molar-refractivity contribution in [1.29, 1.82) is 0 Å². The molecule has 0 aliphatic rings. The fourth-order valence-electron chi connectivity index (χ4n) is 0.923. The van der Waals surface area contributed by atoms with Crippen molar-refractivity contribution in [3.05, 3.63) is 28.6 Å². The second-order valence-electron chi connectivity index (χ2n) is 2.58. The maximum absolute atomic E-state index is 11.8. The quantitative estimate of drug-likeness (QED) is 0.769. The number of halogens is 2. The highest BCUT2D eigenvalue weighted by atomic mass is 19.3. The molecule has 1 aromatic heterocycles. The van der Waals surface area contributed by atoms with Crippen LogP contribution in [0.25, 0.3) is 0 Å². The highest BCUT2D eigenvalue weighted by molar-refractivity contribution is 5.34. The molecule has 13 heavy (non-hydrogen) atoms. The Kier molecular flexibility index (Phi) is 3.00. The Morgan fingerprint density at radius 2 is 2.23 bits per heavy atom. The average molecular weight is 188 g/mol. The van der Waals surface area contributed by atoms with E-state index in [9.17, 15) is 13.6 Å². The van der Waals surface area contributed by atoms with Crippen molar-refractivity contribution in [2.24, 2.45) is 7.05 Å². The van der Waals surface area contributed by atoms with Gasteiger partial charge in [0.1, 0.15) is 5.82 Å². The van der Waals surface area contributed by atoms with E-state index in [-0.39, 0.29) is 5.56 Å². The van der Waals surface area contributed by atoms with Crippen LogP contribution >= 0.6 is 0 Å². The summed E-state index contributed by atoms with van der Waals surface area (Å²) in [7, 11) is 1.52. The third-order valence-corrected chi connectivity index (χ3v) is 1.62. The van der Waals surface area contributed by atoms with Crippen LogP contribution in [0.15, 0.2) is 23.0 Å². The molecule has 0 unspecified atom stereocenters. The first-order valence-electron chi connectivity index (χ1n) is 3.79. The first-order chi connectivity index (χ1) is 6.11. The van der Waals surface area contributed by atoms with E-state index in [4.69, 9.17) is 0 Å². The molecule has 0 radical (unpaired) electrons. The molecular formula is C8H10F2N2O. The van der Waals surface area contributed by atoms with Gasteiger partial charge in [-0.15, -0.1) is 0 Å². The fraction of sp³-hybridized carbons (Fsp3) is 0.375. The van der Waals surface area contributed by atoms with Crippen molar-refractivity contribution in [3.63, 3.8) is 0 Å². The minimum atomic E-state index is -2.42. The van der Waals surface area contributed by atoms with Crippen LogP contribution in [-0.4, -0.2) is 17.5 Å². The number of rotatable bonds is 3. The lowest BCUT2D eigenvalue weighted by Gasteiger charge is -2.09. The molecule has 0 saturated carbocycles. The maximum atomic E-state index is 11.8. The van der Waals surface area contributed by atoms with Crippen LogP contribution < -0.4 is 10.9 Å². The first-order valence-corrected chi connectivity index (χ1v) is 3.79. The van der Waals surface area contributed by atoms with E-state index in [0.717, 1.165) is 0 Å². The smallest absolute Gasteiger partial charge is 0.255 e. The van der Waals surface area contributed by atoms with Crippen molar-refractivity contribution < 1.29 is 8.78 Å². The van der Waals surface area contributed by atoms with Gasteiger partial charge >= 0.3 is 0 Å². The van der Waals surface area contributed by atoms with Gasteiger partial charge in [-0.1, -0.05) is 6.07 Å². The third kappa shape index (κ3) is 2.54. The Morgan fingerprint density at radius 1 is 1.54 bits per heavy atom. The molecule has 0 spiro atoms. The SMILES string of the molecule is Cn1c(NCC(F)F)cccc1=O. The van der Waals surface area contributed by atoms with E-state index >= 15 is 0 Å². The van der Waals surface area contributed by atoms with Gasteiger partial charge in [-0.05, 0) is 6.07 Å². The van der Waals surface area contributed by atoms with E-state index in [1.807, 2.05) is 0 Å². The summed E-state index contributed by atoms with van der Waals surface area (Å²) in [6.07, 6.45) is -2.42. The van der Waals surface area contributed by atoms with Crippen LogP contribution in [0.3, 0.4) is 0 Å². The molecule has 0 aliphatic carbocycles. The predicted octanol–water partition coefficient (Wildman–Crippen LogP) is 1.06. The summed E-state index contributed by atoms with van der Waals surface area (Å²) in [4.78, 5) is 11.0. The van der Waals surface area contributed by atoms with Gasteiger partial charge in [0.2, 0.25) is 0 Å². The molecule has 0 amide bonds. The molecule has 3 nitrogen and oxygen atoms in total. The van der Waals surface area contributed by atoms with Crippen molar-refractivity contribution in [2.75, 3.05) is 11.9 Å². The summed E-state index contributed by atoms with van der Waals surface area (Å²) in [5.74, 6) is 0.396. The summed E-state index contributed by atoms with van der Waals surface area (Å²) in [5, 5.41) is 2.47. The van der Waals surface area contributed by atoms with Crippen LogP contribution in [0.2, 0.25) is 0 Å². The van der Waals surface area contributed by atoms with E-state index in [2.05, 4.69) is 5.32 Å². The standard InChI is InChI=1S/C8H10F2N2O/c1-12-7(11-5-6(9)10)3-2-4-8(12)13/h2-4,6,11H,5H2,1H3. The molecule has 1 heterocycles. The number of aromatic nitrogens is 1. The molecular weight excluding hydrogens is 178 g/mol. The van der Waals surface area contributed by atoms with E-state index in [1.165, 1.54) is 23.7 Å². The zero-order chi connectivity index (χ0) is 9.84. The minimum Gasteiger partial charge on any atom is -0.366 e. The summed E-state index contributed by atoms with van der Waals surface area (Å²) in [6.45, 7) is -0.447. The zero-order valence-electron chi connectivity index (χ0n) is 7.13. The molecule has 1 N–H and O–H groups in total. The Balaban J connectivity index is 2.77. The second kappa shape index (κ2) is 4.02. The van der Waals surface area contributed by atoms with E-state index in [1.54, 1.807) is 6.07 Å². The Bertz CT molecular complexity index is 335. The topological polar surface area (TPSA) is 34.0 Å². The van der Waals surface area contributed by atoms with E-state index < -0.39 is 13.0 Å². The first kappa shape index (κ1) is 9.70. The van der Waals surface area contributed by atoms with Crippen LogP contribution in [-0.2, 0) is 7.05 Å². The lowest BCUT2D eigenvalue weighted by atomic mass is 10.4. The number of nitrogens with zero attached hydrogens (tertiary/aromatic N) is 1. The molecule has 0 fully saturated rings. The van der Waals surface area contributed by atoms with Crippen LogP contribution in [0, 0.1) is 0 Å². The summed E-state index contributed by atoms with van der Waals surface area (Å²) in [5.41, 5.74) is -0.223. The number of hydrogen-bond acceptors (Lipinski definition) is 2. The summed E-state index contributed by atoms with van der Waals surface area (Å²) >= 11 is 0. The molecule has 0 saturated heterocycles. The maximum Gasteiger partial charge on any atom is 0.255 e. The molecule has 0 bridgehead atoms. The average Bonchev–Trinajstić information content (AvgIpc) is 2.07. The number of pyridine rings is 1. The largest absolute Gasteiger partial charge is 0.366 e. The lowest BCUT2D eigenvalue weighted by Crippen LogP contribution is -2.21. The Hall–Kier alpha value is -1.39. The van der Waals surface area contributed by atoms with Gasteiger partial charge in [0.15, 0.2) is 0 Å². The molecule has 1 rings (SSSR count). The fourth-order valence-corrected chi connectivity index (χ4v) is 0.923. The van der Waals surface area contributed by atoms with Gasteiger partial charge in [-0.3, -0.25) is 9.36 Å². The van der Waals surface area contributed by atoms with Crippen LogP contribution in [0.4, 0.5) is 14.6 Å². The van der Waals surface area contributed by atoms with Gasteiger partial charge in [0.05, 0.1) is 6.54 Å². The van der Waals surface area contributed by atoms with Crippen molar-refractivity contribution in [3.8, 4) is 0 Å². The number of hydrogen-bond donors (Lipinski definition) is 1. The molecule has 0 aromatic carbocycles. The molecule has 0 aliphatic heterocycles. The van der Waals surface area contributed by atoms with Crippen molar-refractivity contribution in [1.82, 2.24) is 4.57 Å². The van der Waals surface area contributed by atoms with Crippen molar-refractivity contribution in [2.45, 2.75) is 6.43 Å². The Morgan fingerprint density at radius 3 is 2.85 bits per heavy atom. The third-order valence-electron chi connectivity index (χ3n) is 1.62. The van der Waals surface area contributed by atoms with Crippen LogP contribution in [0.1, 0.15) is 0 Å². The predicted molar refractivity (Wildman–Crippen MR) is 46.2 cm³/mol. The molecule has 72 valence electrons. The van der Waals surface area contributed by atoms with Gasteiger partial charge < -0.3 is 5.32 Å². The molecule has 5 heteroatoms. The molecule has 0 atom stereocenters. The highest BCUT2D eigenvalue weighted by Gasteiger charge is 2.03. The lowest BCUT2D eigenvalue weighted by molar-refractivity contribution is 0.163. The number of alkyl halides is 2. The zero-order valence-corrected chi connectivity index (χ0v) is 7.13. The van der Waals surface area contributed by atoms with Crippen LogP contribution in [0.5, 0.6) is 0 Å². The second-order valence-corrected chi connectivity index (χ2v) is 2.58. The number of nitrogens with one attached hydrogen (secondary N) is 1. The summed E-state index contributed by atoms with van der Waals surface area (Å²) < 4.78 is 24.9. The normalized spacial score (nSPS) is 10.5. The van der Waals surface area contributed by atoms with Gasteiger partial charge in [0.25, 0.3) is 12.0 Å². The van der Waals surface area contributed by atoms with Crippen molar-refractivity contribution >= 4 is 5.82 Å². The van der Waals surface area contributed by atoms with Gasteiger partial charge in [-0.25, -0.2) is 8.78 Å². The van der Waals surface area contributed by atoms with Gasteiger partial charge in [0, 0.05) is 13.1 Å². The van der Waals surface area contributed by atoms with Gasteiger partial charge in [-0.2, -0.15) is 0 Å². The van der Waals surface area contributed by atoms with E-state index in [0.29, 0.717) is 5.82 Å². The number of anilines is 1. The summed E-state index contributed by atoms with van der Waals surface area (Å²) in [6, 6.07) is 4.47. The highest BCUT2D eigenvalue weighted by Crippen LogP contribution is 2.02. The Labute approximate surface area is 74.0 Å².